The van der Waals surface area contributed by atoms with Crippen molar-refractivity contribution in [3.05, 3.63) is 54.1 Å². The van der Waals surface area contributed by atoms with Crippen LogP contribution in [0.2, 0.25) is 0 Å². The fourth-order valence-electron chi connectivity index (χ4n) is 1.97. The van der Waals surface area contributed by atoms with Gasteiger partial charge in [-0.15, -0.1) is 10.2 Å². The fraction of sp³-hybridized carbons (Fsp3) is 0.133. The molecular formula is C15H13N3O2. The summed E-state index contributed by atoms with van der Waals surface area (Å²) in [5.74, 6) is -0.307. The SMILES string of the molecule is CC(=O)OCc1ccccc1-n1nc2ccccc2n1. The molecule has 0 atom stereocenters. The smallest absolute Gasteiger partial charge is 0.302 e. The Bertz CT molecular complexity index is 731. The zero-order chi connectivity index (χ0) is 13.9. The van der Waals surface area contributed by atoms with E-state index in [-0.39, 0.29) is 12.6 Å². The van der Waals surface area contributed by atoms with Crippen molar-refractivity contribution in [3.63, 3.8) is 0 Å². The first-order valence-corrected chi connectivity index (χ1v) is 6.28. The summed E-state index contributed by atoms with van der Waals surface area (Å²) in [4.78, 5) is 12.5. The summed E-state index contributed by atoms with van der Waals surface area (Å²) in [5, 5.41) is 8.87. The van der Waals surface area contributed by atoms with Gasteiger partial charge in [0, 0.05) is 12.5 Å². The van der Waals surface area contributed by atoms with Gasteiger partial charge < -0.3 is 4.74 Å². The molecule has 0 amide bonds. The summed E-state index contributed by atoms with van der Waals surface area (Å²) in [6, 6.07) is 15.3. The number of hydrogen-bond acceptors (Lipinski definition) is 4. The predicted octanol–water partition coefficient (Wildman–Crippen LogP) is 2.48. The third kappa shape index (κ3) is 2.38. The van der Waals surface area contributed by atoms with E-state index in [1.54, 1.807) is 4.80 Å². The number of aromatic nitrogens is 3. The molecule has 0 saturated heterocycles. The average Bonchev–Trinajstić information content (AvgIpc) is 2.89. The molecule has 100 valence electrons. The second-order valence-electron chi connectivity index (χ2n) is 4.39. The van der Waals surface area contributed by atoms with Gasteiger partial charge in [0.2, 0.25) is 0 Å². The predicted molar refractivity (Wildman–Crippen MR) is 74.3 cm³/mol. The highest BCUT2D eigenvalue weighted by atomic mass is 16.5. The molecule has 0 aliphatic carbocycles. The van der Waals surface area contributed by atoms with Gasteiger partial charge in [-0.1, -0.05) is 30.3 Å². The summed E-state index contributed by atoms with van der Waals surface area (Å²) in [5.41, 5.74) is 3.33. The molecule has 0 fully saturated rings. The minimum Gasteiger partial charge on any atom is -0.461 e. The molecule has 0 spiro atoms. The topological polar surface area (TPSA) is 57.0 Å². The summed E-state index contributed by atoms with van der Waals surface area (Å²) >= 11 is 0. The number of carbonyl (C=O) groups is 1. The number of fused-ring (bicyclic) bond motifs is 1. The summed E-state index contributed by atoms with van der Waals surface area (Å²) in [6.45, 7) is 1.60. The molecule has 1 heterocycles. The zero-order valence-corrected chi connectivity index (χ0v) is 11.0. The van der Waals surface area contributed by atoms with E-state index >= 15 is 0 Å². The van der Waals surface area contributed by atoms with Crippen molar-refractivity contribution in [2.75, 3.05) is 0 Å². The van der Waals surface area contributed by atoms with E-state index in [4.69, 9.17) is 4.74 Å². The Morgan fingerprint density at radius 2 is 1.65 bits per heavy atom. The Balaban J connectivity index is 2.02. The number of nitrogens with zero attached hydrogens (tertiary/aromatic N) is 3. The maximum Gasteiger partial charge on any atom is 0.302 e. The monoisotopic (exact) mass is 267 g/mol. The van der Waals surface area contributed by atoms with E-state index in [0.29, 0.717) is 0 Å². The van der Waals surface area contributed by atoms with Crippen LogP contribution >= 0.6 is 0 Å². The number of carbonyl (C=O) groups excluding carboxylic acids is 1. The van der Waals surface area contributed by atoms with Gasteiger partial charge in [-0.2, -0.15) is 4.80 Å². The van der Waals surface area contributed by atoms with Crippen molar-refractivity contribution in [1.82, 2.24) is 15.0 Å². The van der Waals surface area contributed by atoms with Gasteiger partial charge in [0.1, 0.15) is 17.6 Å². The molecule has 3 aromatic rings. The molecule has 0 bridgehead atoms. The van der Waals surface area contributed by atoms with Crippen LogP contribution in [0.1, 0.15) is 12.5 Å². The molecule has 0 aliphatic heterocycles. The molecule has 5 heteroatoms. The molecule has 0 saturated carbocycles. The van der Waals surface area contributed by atoms with Gasteiger partial charge in [-0.05, 0) is 18.2 Å². The van der Waals surface area contributed by atoms with Crippen molar-refractivity contribution < 1.29 is 9.53 Å². The molecule has 0 aliphatic rings. The van der Waals surface area contributed by atoms with Crippen LogP contribution in [0.5, 0.6) is 0 Å². The average molecular weight is 267 g/mol. The molecule has 0 radical (unpaired) electrons. The van der Waals surface area contributed by atoms with E-state index in [9.17, 15) is 4.79 Å². The Morgan fingerprint density at radius 1 is 1.05 bits per heavy atom. The molecule has 1 aromatic heterocycles. The van der Waals surface area contributed by atoms with Crippen LogP contribution in [0.25, 0.3) is 16.7 Å². The number of hydrogen-bond donors (Lipinski definition) is 0. The number of ether oxygens (including phenoxy) is 1. The molecular weight excluding hydrogens is 254 g/mol. The summed E-state index contributed by atoms with van der Waals surface area (Å²) in [7, 11) is 0. The Hall–Kier alpha value is -2.69. The number of para-hydroxylation sites is 1. The van der Waals surface area contributed by atoms with Gasteiger partial charge in [0.25, 0.3) is 0 Å². The maximum absolute atomic E-state index is 10.9. The largest absolute Gasteiger partial charge is 0.461 e. The lowest BCUT2D eigenvalue weighted by molar-refractivity contribution is -0.142. The van der Waals surface area contributed by atoms with Crippen molar-refractivity contribution >= 4 is 17.0 Å². The highest BCUT2D eigenvalue weighted by molar-refractivity contribution is 5.73. The Kier molecular flexibility index (Phi) is 3.16. The van der Waals surface area contributed by atoms with Gasteiger partial charge in [0.05, 0.1) is 5.69 Å². The lowest BCUT2D eigenvalue weighted by Crippen LogP contribution is -2.06. The minimum atomic E-state index is -0.307. The van der Waals surface area contributed by atoms with Crippen LogP contribution in [0.4, 0.5) is 0 Å². The fourth-order valence-corrected chi connectivity index (χ4v) is 1.97. The third-order valence-corrected chi connectivity index (χ3v) is 2.92. The van der Waals surface area contributed by atoms with Crippen molar-refractivity contribution in [2.45, 2.75) is 13.5 Å². The van der Waals surface area contributed by atoms with Crippen LogP contribution in [0.3, 0.4) is 0 Å². The second-order valence-corrected chi connectivity index (χ2v) is 4.39. The normalized spacial score (nSPS) is 10.7. The zero-order valence-electron chi connectivity index (χ0n) is 11.0. The van der Waals surface area contributed by atoms with E-state index in [1.165, 1.54) is 6.92 Å². The second kappa shape index (κ2) is 5.13. The molecule has 0 N–H and O–H groups in total. The van der Waals surface area contributed by atoms with Crippen molar-refractivity contribution in [3.8, 4) is 5.69 Å². The first kappa shape index (κ1) is 12.3. The van der Waals surface area contributed by atoms with Crippen LogP contribution in [0, 0.1) is 0 Å². The van der Waals surface area contributed by atoms with E-state index in [0.717, 1.165) is 22.3 Å². The third-order valence-electron chi connectivity index (χ3n) is 2.92. The molecule has 0 unspecified atom stereocenters. The van der Waals surface area contributed by atoms with Gasteiger partial charge >= 0.3 is 5.97 Å². The molecule has 2 aromatic carbocycles. The molecule has 20 heavy (non-hydrogen) atoms. The highest BCUT2D eigenvalue weighted by Crippen LogP contribution is 2.16. The van der Waals surface area contributed by atoms with E-state index in [1.807, 2.05) is 48.5 Å². The summed E-state index contributed by atoms with van der Waals surface area (Å²) in [6.07, 6.45) is 0. The van der Waals surface area contributed by atoms with Gasteiger partial charge in [0.15, 0.2) is 0 Å². The number of esters is 1. The molecule has 3 rings (SSSR count). The quantitative estimate of drug-likeness (QED) is 0.684. The van der Waals surface area contributed by atoms with Crippen molar-refractivity contribution in [1.29, 1.82) is 0 Å². The van der Waals surface area contributed by atoms with Gasteiger partial charge in [-0.3, -0.25) is 4.79 Å². The highest BCUT2D eigenvalue weighted by Gasteiger charge is 2.09. The summed E-state index contributed by atoms with van der Waals surface area (Å²) < 4.78 is 5.06. The first-order valence-electron chi connectivity index (χ1n) is 6.28. The Labute approximate surface area is 115 Å². The van der Waals surface area contributed by atoms with Crippen LogP contribution in [-0.2, 0) is 16.1 Å². The number of rotatable bonds is 3. The van der Waals surface area contributed by atoms with Crippen molar-refractivity contribution in [2.24, 2.45) is 0 Å². The van der Waals surface area contributed by atoms with Crippen LogP contribution < -0.4 is 0 Å². The maximum atomic E-state index is 10.9. The molecule has 5 nitrogen and oxygen atoms in total. The number of benzene rings is 2. The van der Waals surface area contributed by atoms with E-state index < -0.39 is 0 Å². The Morgan fingerprint density at radius 3 is 2.30 bits per heavy atom. The van der Waals surface area contributed by atoms with Crippen LogP contribution in [-0.4, -0.2) is 21.0 Å². The minimum absolute atomic E-state index is 0.212. The van der Waals surface area contributed by atoms with Gasteiger partial charge in [-0.25, -0.2) is 0 Å². The van der Waals surface area contributed by atoms with E-state index in [2.05, 4.69) is 10.2 Å². The van der Waals surface area contributed by atoms with Crippen LogP contribution in [0.15, 0.2) is 48.5 Å². The first-order chi connectivity index (χ1) is 9.74. The lowest BCUT2D eigenvalue weighted by Gasteiger charge is -2.07. The standard InChI is InChI=1S/C15H13N3O2/c1-11(19)20-10-12-6-2-5-9-15(12)18-16-13-7-3-4-8-14(13)17-18/h2-9H,10H2,1H3. The lowest BCUT2D eigenvalue weighted by atomic mass is 10.2.